The SMILES string of the molecule is COc1ccc(CCn2c(C)cc(C(=O)COC(=O)COc3ccc(C#N)cc3)c2C)cc1OC. The summed E-state index contributed by atoms with van der Waals surface area (Å²) in [6.07, 6.45) is 0.742. The zero-order valence-electron chi connectivity index (χ0n) is 20.3. The Hall–Kier alpha value is -4.25. The van der Waals surface area contributed by atoms with Crippen LogP contribution in [-0.2, 0) is 22.5 Å². The van der Waals surface area contributed by atoms with E-state index >= 15 is 0 Å². The third kappa shape index (κ3) is 6.42. The fraction of sp³-hybridized carbons (Fsp3) is 0.296. The highest BCUT2D eigenvalue weighted by Crippen LogP contribution is 2.28. The highest BCUT2D eigenvalue weighted by atomic mass is 16.6. The summed E-state index contributed by atoms with van der Waals surface area (Å²) < 4.78 is 23.2. The van der Waals surface area contributed by atoms with Gasteiger partial charge in [0.05, 0.1) is 25.9 Å². The van der Waals surface area contributed by atoms with E-state index in [4.69, 9.17) is 24.2 Å². The molecule has 0 aliphatic heterocycles. The maximum absolute atomic E-state index is 12.7. The maximum atomic E-state index is 12.7. The molecule has 35 heavy (non-hydrogen) atoms. The van der Waals surface area contributed by atoms with E-state index in [-0.39, 0.29) is 19.0 Å². The van der Waals surface area contributed by atoms with Crippen LogP contribution in [0.15, 0.2) is 48.5 Å². The first-order chi connectivity index (χ1) is 16.9. The standard InChI is InChI=1S/C27H28N2O6/c1-18-13-23(19(2)29(18)12-11-20-7-10-25(32-3)26(14-20)33-4)24(30)16-35-27(31)17-34-22-8-5-21(15-28)6-9-22/h5-10,13-14H,11-12,16-17H2,1-4H3. The third-order valence-corrected chi connectivity index (χ3v) is 5.65. The lowest BCUT2D eigenvalue weighted by Crippen LogP contribution is -2.20. The number of esters is 1. The van der Waals surface area contributed by atoms with Gasteiger partial charge in [-0.2, -0.15) is 5.26 Å². The molecule has 0 aliphatic rings. The molecule has 8 nitrogen and oxygen atoms in total. The van der Waals surface area contributed by atoms with Gasteiger partial charge in [0.1, 0.15) is 5.75 Å². The van der Waals surface area contributed by atoms with Crippen molar-refractivity contribution in [3.8, 4) is 23.3 Å². The zero-order chi connectivity index (χ0) is 25.4. The number of aromatic nitrogens is 1. The Labute approximate surface area is 204 Å². The number of carbonyl (C=O) groups is 2. The van der Waals surface area contributed by atoms with Gasteiger partial charge in [-0.05, 0) is 68.3 Å². The van der Waals surface area contributed by atoms with Gasteiger partial charge >= 0.3 is 5.97 Å². The summed E-state index contributed by atoms with van der Waals surface area (Å²) in [6.45, 7) is 3.80. The molecule has 1 heterocycles. The number of Topliss-reactive ketones (excluding diaryl/α,β-unsaturated/α-hetero) is 1. The molecule has 0 saturated carbocycles. The van der Waals surface area contributed by atoms with Gasteiger partial charge in [0.25, 0.3) is 0 Å². The maximum Gasteiger partial charge on any atom is 0.344 e. The van der Waals surface area contributed by atoms with Crippen LogP contribution in [0.5, 0.6) is 17.2 Å². The van der Waals surface area contributed by atoms with Gasteiger partial charge < -0.3 is 23.5 Å². The minimum atomic E-state index is -0.648. The fourth-order valence-corrected chi connectivity index (χ4v) is 3.74. The molecule has 1 aromatic heterocycles. The number of benzene rings is 2. The molecule has 3 rings (SSSR count). The Kier molecular flexibility index (Phi) is 8.52. The molecule has 0 N–H and O–H groups in total. The quantitative estimate of drug-likeness (QED) is 0.304. The second-order valence-corrected chi connectivity index (χ2v) is 7.88. The molecule has 0 aliphatic carbocycles. The van der Waals surface area contributed by atoms with Gasteiger partial charge in [0.2, 0.25) is 5.78 Å². The number of ketones is 1. The average molecular weight is 477 g/mol. The van der Waals surface area contributed by atoms with E-state index in [2.05, 4.69) is 4.57 Å². The second-order valence-electron chi connectivity index (χ2n) is 7.88. The summed E-state index contributed by atoms with van der Waals surface area (Å²) in [6, 6.07) is 16.0. The Morgan fingerprint density at radius 2 is 1.66 bits per heavy atom. The smallest absolute Gasteiger partial charge is 0.344 e. The van der Waals surface area contributed by atoms with Crippen molar-refractivity contribution in [1.82, 2.24) is 4.57 Å². The lowest BCUT2D eigenvalue weighted by Gasteiger charge is -2.12. The monoisotopic (exact) mass is 476 g/mol. The number of hydrogen-bond acceptors (Lipinski definition) is 7. The van der Waals surface area contributed by atoms with Crippen molar-refractivity contribution >= 4 is 11.8 Å². The Balaban J connectivity index is 1.55. The number of rotatable bonds is 11. The number of carbonyl (C=O) groups excluding carboxylic acids is 2. The zero-order valence-corrected chi connectivity index (χ0v) is 20.3. The van der Waals surface area contributed by atoms with Gasteiger partial charge in [-0.3, -0.25) is 4.79 Å². The van der Waals surface area contributed by atoms with Crippen LogP contribution in [0.25, 0.3) is 0 Å². The van der Waals surface area contributed by atoms with E-state index in [0.717, 1.165) is 23.4 Å². The van der Waals surface area contributed by atoms with Crippen molar-refractivity contribution in [2.45, 2.75) is 26.8 Å². The van der Waals surface area contributed by atoms with Crippen LogP contribution in [-0.4, -0.2) is 43.8 Å². The van der Waals surface area contributed by atoms with Crippen molar-refractivity contribution in [3.05, 3.63) is 76.6 Å². The van der Waals surface area contributed by atoms with Crippen LogP contribution in [0.3, 0.4) is 0 Å². The number of hydrogen-bond donors (Lipinski definition) is 0. The van der Waals surface area contributed by atoms with Crippen LogP contribution in [0.1, 0.15) is 32.9 Å². The molecule has 0 saturated heterocycles. The fourth-order valence-electron chi connectivity index (χ4n) is 3.74. The predicted molar refractivity (Wildman–Crippen MR) is 129 cm³/mol. The van der Waals surface area contributed by atoms with Crippen LogP contribution >= 0.6 is 0 Å². The minimum absolute atomic E-state index is 0.276. The number of methoxy groups -OCH3 is 2. The molecular weight excluding hydrogens is 448 g/mol. The molecule has 0 atom stereocenters. The number of nitrogens with zero attached hydrogens (tertiary/aromatic N) is 2. The molecule has 0 radical (unpaired) electrons. The van der Waals surface area contributed by atoms with Crippen molar-refractivity contribution in [2.75, 3.05) is 27.4 Å². The Bertz CT molecular complexity index is 1240. The molecule has 0 bridgehead atoms. The highest BCUT2D eigenvalue weighted by molar-refractivity contribution is 5.99. The highest BCUT2D eigenvalue weighted by Gasteiger charge is 2.18. The third-order valence-electron chi connectivity index (χ3n) is 5.65. The molecule has 2 aromatic carbocycles. The Morgan fingerprint density at radius 3 is 2.31 bits per heavy atom. The lowest BCUT2D eigenvalue weighted by atomic mass is 10.1. The first-order valence-electron chi connectivity index (χ1n) is 11.1. The average Bonchev–Trinajstić information content (AvgIpc) is 3.17. The summed E-state index contributed by atoms with van der Waals surface area (Å²) in [7, 11) is 3.20. The second kappa shape index (κ2) is 11.7. The largest absolute Gasteiger partial charge is 0.493 e. The minimum Gasteiger partial charge on any atom is -0.493 e. The summed E-state index contributed by atoms with van der Waals surface area (Å²) in [5.74, 6) is 0.860. The van der Waals surface area contributed by atoms with Gasteiger partial charge in [-0.15, -0.1) is 0 Å². The van der Waals surface area contributed by atoms with Crippen LogP contribution in [0, 0.1) is 25.2 Å². The molecule has 0 fully saturated rings. The molecule has 182 valence electrons. The molecule has 0 amide bonds. The van der Waals surface area contributed by atoms with Crippen molar-refractivity contribution < 1.29 is 28.5 Å². The van der Waals surface area contributed by atoms with Gasteiger partial charge in [0, 0.05) is 23.5 Å². The van der Waals surface area contributed by atoms with E-state index in [1.807, 2.05) is 44.2 Å². The molecule has 0 unspecified atom stereocenters. The first kappa shape index (κ1) is 25.4. The Morgan fingerprint density at radius 1 is 0.943 bits per heavy atom. The van der Waals surface area contributed by atoms with Crippen LogP contribution in [0.2, 0.25) is 0 Å². The van der Waals surface area contributed by atoms with E-state index in [9.17, 15) is 9.59 Å². The normalized spacial score (nSPS) is 10.4. The lowest BCUT2D eigenvalue weighted by molar-refractivity contribution is -0.144. The van der Waals surface area contributed by atoms with Crippen LogP contribution < -0.4 is 14.2 Å². The number of nitriles is 1. The summed E-state index contributed by atoms with van der Waals surface area (Å²) in [4.78, 5) is 24.7. The number of ether oxygens (including phenoxy) is 4. The van der Waals surface area contributed by atoms with Gasteiger partial charge in [-0.25, -0.2) is 4.79 Å². The number of aryl methyl sites for hydroxylation is 2. The van der Waals surface area contributed by atoms with Crippen molar-refractivity contribution in [2.24, 2.45) is 0 Å². The topological polar surface area (TPSA) is 99.8 Å². The van der Waals surface area contributed by atoms with E-state index in [1.165, 1.54) is 0 Å². The summed E-state index contributed by atoms with van der Waals surface area (Å²) >= 11 is 0. The van der Waals surface area contributed by atoms with E-state index in [0.29, 0.717) is 34.9 Å². The van der Waals surface area contributed by atoms with E-state index < -0.39 is 5.97 Å². The molecule has 3 aromatic rings. The van der Waals surface area contributed by atoms with Gasteiger partial charge in [-0.1, -0.05) is 6.07 Å². The van der Waals surface area contributed by atoms with Crippen LogP contribution in [0.4, 0.5) is 0 Å². The van der Waals surface area contributed by atoms with Gasteiger partial charge in [0.15, 0.2) is 24.7 Å². The van der Waals surface area contributed by atoms with Crippen molar-refractivity contribution in [3.63, 3.8) is 0 Å². The van der Waals surface area contributed by atoms with Crippen molar-refractivity contribution in [1.29, 1.82) is 5.26 Å². The van der Waals surface area contributed by atoms with E-state index in [1.54, 1.807) is 38.5 Å². The first-order valence-corrected chi connectivity index (χ1v) is 11.1. The molecule has 8 heteroatoms. The molecule has 0 spiro atoms. The summed E-state index contributed by atoms with van der Waals surface area (Å²) in [5, 5.41) is 8.81. The predicted octanol–water partition coefficient (Wildman–Crippen LogP) is 4.04. The summed E-state index contributed by atoms with van der Waals surface area (Å²) in [5.41, 5.74) is 3.86. The molecular formula is C27H28N2O6.